The molecule has 1 aliphatic rings. The van der Waals surface area contributed by atoms with Crippen LogP contribution in [0.5, 0.6) is 11.5 Å². The molecular formula is C13H18O7. The van der Waals surface area contributed by atoms with Crippen molar-refractivity contribution in [2.24, 2.45) is 0 Å². The monoisotopic (exact) mass is 286 g/mol. The third kappa shape index (κ3) is 2.87. The number of aryl methyl sites for hydroxylation is 1. The van der Waals surface area contributed by atoms with E-state index >= 15 is 0 Å². The Kier molecular flexibility index (Phi) is 4.46. The van der Waals surface area contributed by atoms with Crippen LogP contribution in [0.4, 0.5) is 0 Å². The van der Waals surface area contributed by atoms with Crippen LogP contribution >= 0.6 is 0 Å². The quantitative estimate of drug-likeness (QED) is 0.477. The number of phenols is 1. The maximum Gasteiger partial charge on any atom is 0.229 e. The second-order valence-electron chi connectivity index (χ2n) is 4.79. The number of hydrogen-bond acceptors (Lipinski definition) is 7. The van der Waals surface area contributed by atoms with Crippen molar-refractivity contribution in [3.63, 3.8) is 0 Å². The fraction of sp³-hybridized carbons (Fsp3) is 0.538. The molecule has 1 fully saturated rings. The van der Waals surface area contributed by atoms with E-state index in [0.717, 1.165) is 5.56 Å². The Labute approximate surface area is 115 Å². The largest absolute Gasteiger partial charge is 0.504 e. The summed E-state index contributed by atoms with van der Waals surface area (Å²) in [6.07, 6.45) is -6.82. The fourth-order valence-electron chi connectivity index (χ4n) is 2.01. The molecule has 1 aliphatic heterocycles. The molecule has 2 rings (SSSR count). The minimum Gasteiger partial charge on any atom is -0.504 e. The minimum absolute atomic E-state index is 0.0781. The van der Waals surface area contributed by atoms with Crippen molar-refractivity contribution in [1.82, 2.24) is 0 Å². The van der Waals surface area contributed by atoms with Crippen molar-refractivity contribution in [2.75, 3.05) is 6.61 Å². The van der Waals surface area contributed by atoms with E-state index in [1.807, 2.05) is 0 Å². The average molecular weight is 286 g/mol. The molecule has 1 aromatic carbocycles. The Bertz CT molecular complexity index is 462. The van der Waals surface area contributed by atoms with Crippen molar-refractivity contribution in [3.8, 4) is 11.5 Å². The molecule has 0 saturated carbocycles. The lowest BCUT2D eigenvalue weighted by Crippen LogP contribution is -2.60. The van der Waals surface area contributed by atoms with Crippen LogP contribution in [-0.2, 0) is 4.74 Å². The van der Waals surface area contributed by atoms with E-state index in [1.165, 1.54) is 12.1 Å². The summed E-state index contributed by atoms with van der Waals surface area (Å²) in [5.41, 5.74) is 0.822. The van der Waals surface area contributed by atoms with Crippen LogP contribution in [0.2, 0.25) is 0 Å². The summed E-state index contributed by atoms with van der Waals surface area (Å²) in [6, 6.07) is 4.64. The minimum atomic E-state index is -1.52. The lowest BCUT2D eigenvalue weighted by atomic mass is 9.99. The predicted octanol–water partition coefficient (Wildman–Crippen LogP) is -1.12. The van der Waals surface area contributed by atoms with E-state index in [0.29, 0.717) is 0 Å². The summed E-state index contributed by atoms with van der Waals surface area (Å²) in [4.78, 5) is 0. The van der Waals surface area contributed by atoms with Gasteiger partial charge in [-0.3, -0.25) is 0 Å². The first-order valence-electron chi connectivity index (χ1n) is 6.21. The number of ether oxygens (including phenoxy) is 2. The predicted molar refractivity (Wildman–Crippen MR) is 67.2 cm³/mol. The molecule has 0 radical (unpaired) electrons. The number of phenolic OH excluding ortho intramolecular Hbond substituents is 1. The van der Waals surface area contributed by atoms with E-state index in [1.54, 1.807) is 13.0 Å². The Morgan fingerprint density at radius 1 is 1.15 bits per heavy atom. The lowest BCUT2D eigenvalue weighted by Gasteiger charge is -2.39. The molecule has 1 heterocycles. The summed E-state index contributed by atoms with van der Waals surface area (Å²) < 4.78 is 10.5. The van der Waals surface area contributed by atoms with Crippen molar-refractivity contribution < 1.29 is 35.0 Å². The van der Waals surface area contributed by atoms with Gasteiger partial charge in [0.1, 0.15) is 24.4 Å². The van der Waals surface area contributed by atoms with E-state index in [9.17, 15) is 20.4 Å². The molecule has 0 amide bonds. The molecule has 1 aromatic rings. The van der Waals surface area contributed by atoms with Gasteiger partial charge in [-0.25, -0.2) is 0 Å². The molecule has 20 heavy (non-hydrogen) atoms. The van der Waals surface area contributed by atoms with Gasteiger partial charge in [0.2, 0.25) is 6.29 Å². The molecule has 0 bridgehead atoms. The number of aromatic hydroxyl groups is 1. The maximum absolute atomic E-state index is 9.82. The SMILES string of the molecule is Cc1ccc(O)c(O[C@H]2O[C@H](CO)[C@@H](O)[C@H](O)[C@@H]2O)c1. The number of aliphatic hydroxyl groups is 4. The summed E-state index contributed by atoms with van der Waals surface area (Å²) in [5, 5.41) is 47.8. The highest BCUT2D eigenvalue weighted by atomic mass is 16.7. The van der Waals surface area contributed by atoms with Crippen LogP contribution in [0.3, 0.4) is 0 Å². The van der Waals surface area contributed by atoms with Crippen molar-refractivity contribution in [1.29, 1.82) is 0 Å². The third-order valence-corrected chi connectivity index (χ3v) is 3.21. The van der Waals surface area contributed by atoms with Crippen LogP contribution in [-0.4, -0.2) is 62.8 Å². The van der Waals surface area contributed by atoms with Gasteiger partial charge in [0.25, 0.3) is 0 Å². The lowest BCUT2D eigenvalue weighted by molar-refractivity contribution is -0.277. The van der Waals surface area contributed by atoms with E-state index < -0.39 is 37.3 Å². The Hall–Kier alpha value is -1.38. The van der Waals surface area contributed by atoms with Gasteiger partial charge < -0.3 is 35.0 Å². The standard InChI is InChI=1S/C13H18O7/c1-6-2-3-7(15)8(4-6)19-13-12(18)11(17)10(16)9(5-14)20-13/h2-4,9-18H,5H2,1H3/t9-,10-,11+,12+,13+/m1/s1. The van der Waals surface area contributed by atoms with Gasteiger partial charge in [-0.2, -0.15) is 0 Å². The molecule has 7 heteroatoms. The molecule has 0 unspecified atom stereocenters. The van der Waals surface area contributed by atoms with Crippen LogP contribution in [0.25, 0.3) is 0 Å². The first kappa shape index (κ1) is 15.0. The molecule has 7 nitrogen and oxygen atoms in total. The molecule has 0 aromatic heterocycles. The van der Waals surface area contributed by atoms with Crippen molar-refractivity contribution >= 4 is 0 Å². The first-order valence-corrected chi connectivity index (χ1v) is 6.21. The van der Waals surface area contributed by atoms with E-state index in [4.69, 9.17) is 14.6 Å². The zero-order valence-electron chi connectivity index (χ0n) is 10.9. The van der Waals surface area contributed by atoms with Gasteiger partial charge in [0.15, 0.2) is 11.5 Å². The smallest absolute Gasteiger partial charge is 0.229 e. The molecule has 5 atom stereocenters. The average Bonchev–Trinajstić information content (AvgIpc) is 2.43. The molecule has 112 valence electrons. The van der Waals surface area contributed by atoms with Gasteiger partial charge in [0, 0.05) is 0 Å². The Morgan fingerprint density at radius 3 is 2.50 bits per heavy atom. The van der Waals surface area contributed by atoms with Gasteiger partial charge in [0.05, 0.1) is 6.61 Å². The van der Waals surface area contributed by atoms with Gasteiger partial charge in [-0.1, -0.05) is 6.07 Å². The van der Waals surface area contributed by atoms with Crippen LogP contribution in [0.15, 0.2) is 18.2 Å². The Morgan fingerprint density at radius 2 is 1.85 bits per heavy atom. The first-order chi connectivity index (χ1) is 9.43. The molecular weight excluding hydrogens is 268 g/mol. The van der Waals surface area contributed by atoms with Gasteiger partial charge in [-0.15, -0.1) is 0 Å². The van der Waals surface area contributed by atoms with Crippen LogP contribution in [0.1, 0.15) is 5.56 Å². The van der Waals surface area contributed by atoms with Gasteiger partial charge >= 0.3 is 0 Å². The number of aliphatic hydroxyl groups excluding tert-OH is 4. The molecule has 5 N–H and O–H groups in total. The number of benzene rings is 1. The summed E-state index contributed by atoms with van der Waals surface area (Å²) in [7, 11) is 0. The fourth-order valence-corrected chi connectivity index (χ4v) is 2.01. The van der Waals surface area contributed by atoms with E-state index in [-0.39, 0.29) is 11.5 Å². The van der Waals surface area contributed by atoms with Crippen LogP contribution < -0.4 is 4.74 Å². The molecule has 0 spiro atoms. The highest BCUT2D eigenvalue weighted by molar-refractivity contribution is 5.41. The zero-order chi connectivity index (χ0) is 14.9. The molecule has 1 saturated heterocycles. The van der Waals surface area contributed by atoms with Crippen molar-refractivity contribution in [3.05, 3.63) is 23.8 Å². The van der Waals surface area contributed by atoms with Crippen molar-refractivity contribution in [2.45, 2.75) is 37.6 Å². The number of rotatable bonds is 3. The highest BCUT2D eigenvalue weighted by Crippen LogP contribution is 2.30. The maximum atomic E-state index is 9.82. The highest BCUT2D eigenvalue weighted by Gasteiger charge is 2.44. The topological polar surface area (TPSA) is 120 Å². The number of hydrogen-bond donors (Lipinski definition) is 5. The van der Waals surface area contributed by atoms with E-state index in [2.05, 4.69) is 0 Å². The second-order valence-corrected chi connectivity index (χ2v) is 4.79. The second kappa shape index (κ2) is 5.94. The van der Waals surface area contributed by atoms with Crippen LogP contribution in [0, 0.1) is 6.92 Å². The third-order valence-electron chi connectivity index (χ3n) is 3.21. The Balaban J connectivity index is 2.17. The summed E-state index contributed by atoms with van der Waals surface area (Å²) in [6.45, 7) is 1.25. The summed E-state index contributed by atoms with van der Waals surface area (Å²) >= 11 is 0. The normalized spacial score (nSPS) is 34.0. The zero-order valence-corrected chi connectivity index (χ0v) is 10.9. The molecule has 0 aliphatic carbocycles. The summed E-state index contributed by atoms with van der Waals surface area (Å²) in [5.74, 6) is -0.0677. The van der Waals surface area contributed by atoms with Gasteiger partial charge in [-0.05, 0) is 24.6 Å².